The van der Waals surface area contributed by atoms with Crippen molar-refractivity contribution in [1.82, 2.24) is 0 Å². The van der Waals surface area contributed by atoms with E-state index in [4.69, 9.17) is 47.4 Å². The van der Waals surface area contributed by atoms with Crippen molar-refractivity contribution in [2.45, 2.75) is 198 Å². The van der Waals surface area contributed by atoms with Gasteiger partial charge in [0.25, 0.3) is 0 Å². The third-order valence-electron chi connectivity index (χ3n) is 24.0. The Morgan fingerprint density at radius 2 is 0.577 bits per heavy atom. The highest BCUT2D eigenvalue weighted by Gasteiger charge is 2.41. The van der Waals surface area contributed by atoms with Crippen LogP contribution in [-0.4, -0.2) is 107 Å². The van der Waals surface area contributed by atoms with Crippen molar-refractivity contribution in [2.75, 3.05) is 42.7 Å². The van der Waals surface area contributed by atoms with Crippen LogP contribution in [0.2, 0.25) is 0 Å². The summed E-state index contributed by atoms with van der Waals surface area (Å²) >= 11 is 0. The summed E-state index contributed by atoms with van der Waals surface area (Å²) in [5.74, 6) is 3.10. The molecule has 12 rings (SSSR count). The van der Waals surface area contributed by atoms with Crippen molar-refractivity contribution < 1.29 is 107 Å². The first-order valence-electron chi connectivity index (χ1n) is 43.5. The maximum absolute atomic E-state index is 13.3. The lowest BCUT2D eigenvalue weighted by atomic mass is 9.86. The molecule has 0 aliphatic carbocycles. The molecule has 130 heavy (non-hydrogen) atoms. The number of carbonyl (C=O) groups is 4. The highest BCUT2D eigenvalue weighted by Crippen LogP contribution is 2.54. The van der Waals surface area contributed by atoms with Crippen molar-refractivity contribution in [2.24, 2.45) is 23.7 Å². The summed E-state index contributed by atoms with van der Waals surface area (Å²) < 4.78 is 57.2. The van der Waals surface area contributed by atoms with Gasteiger partial charge in [-0.25, -0.2) is 0 Å². The van der Waals surface area contributed by atoms with Crippen molar-refractivity contribution in [3.05, 3.63) is 270 Å². The molecule has 22 nitrogen and oxygen atoms in total. The van der Waals surface area contributed by atoms with Crippen molar-refractivity contribution in [3.8, 4) is 103 Å². The Balaban J connectivity index is 0.000000195. The Morgan fingerprint density at radius 3 is 0.838 bits per heavy atom. The van der Waals surface area contributed by atoms with E-state index in [1.165, 1.54) is 99.3 Å². The fourth-order valence-electron chi connectivity index (χ4n) is 16.4. The van der Waals surface area contributed by atoms with Crippen LogP contribution < -0.4 is 47.4 Å². The summed E-state index contributed by atoms with van der Waals surface area (Å²) in [6, 6.07) is 26.1. The number of phenols is 8. The van der Waals surface area contributed by atoms with E-state index in [0.29, 0.717) is 93.2 Å². The summed E-state index contributed by atoms with van der Waals surface area (Å²) in [7, 11) is 9.13. The van der Waals surface area contributed by atoms with E-state index < -0.39 is 24.4 Å². The summed E-state index contributed by atoms with van der Waals surface area (Å²) in [6.45, 7) is 44.6. The number of ketones is 4. The molecule has 4 aliphatic rings. The zero-order valence-corrected chi connectivity index (χ0v) is 78.8. The zero-order chi connectivity index (χ0) is 95.7. The van der Waals surface area contributed by atoms with Gasteiger partial charge in [0.2, 0.25) is 0 Å². The molecule has 0 aromatic heterocycles. The van der Waals surface area contributed by atoms with Gasteiger partial charge in [0.1, 0.15) is 150 Å². The molecule has 4 heterocycles. The van der Waals surface area contributed by atoms with Crippen LogP contribution in [0.25, 0.3) is 0 Å². The Kier molecular flexibility index (Phi) is 34.5. The molecule has 0 radical (unpaired) electrons. The molecule has 8 N–H and O–H groups in total. The number of phenolic OH excluding ortho intramolecular Hbond substituents is 8. The molecule has 8 aromatic carbocycles. The summed E-state index contributed by atoms with van der Waals surface area (Å²) in [5, 5.41) is 84.2. The van der Waals surface area contributed by atoms with Gasteiger partial charge in [-0.05, 0) is 243 Å². The van der Waals surface area contributed by atoms with Crippen molar-refractivity contribution in [1.29, 1.82) is 0 Å². The van der Waals surface area contributed by atoms with Crippen LogP contribution in [0.3, 0.4) is 0 Å². The van der Waals surface area contributed by atoms with Gasteiger partial charge in [-0.3, -0.25) is 19.2 Å². The SMILES string of the molecule is C=C(C)C(CC=C(C)C)Cc1c(O)cc(O)c2c1O[C@H](c1ccc(OC)cc1C)CC2=O.C=C(C)C(CC=C(C)C)Cc1c(O)cc(OC)c2c1O[C@@H](c1ccc(O)cc1O)CC2=O.C=C(C)C(CC=C(C)C)Cc1c(O)cc(OC)c2c1O[C@H](c1ccc(OC)cc1C)CC2=O.C=C(C)C(CC=C(C)C)Cc1c(O)cc(OC)c2c1O[C@H](c1ccc(OC)cc1O)CC2=O. The lowest BCUT2D eigenvalue weighted by molar-refractivity contribution is 0.0827. The van der Waals surface area contributed by atoms with Crippen molar-refractivity contribution >= 4 is 23.1 Å². The minimum absolute atomic E-state index is 0.00135. The number of fused-ring (bicyclic) bond motifs is 4. The lowest BCUT2D eigenvalue weighted by Gasteiger charge is -2.30. The summed E-state index contributed by atoms with van der Waals surface area (Å²) in [6.07, 6.45) is 11.4. The van der Waals surface area contributed by atoms with Crippen molar-refractivity contribution in [3.63, 3.8) is 0 Å². The van der Waals surface area contributed by atoms with Gasteiger partial charge in [0, 0.05) is 69.8 Å². The van der Waals surface area contributed by atoms with Crippen LogP contribution in [0.4, 0.5) is 0 Å². The molecule has 4 aliphatic heterocycles. The number of hydrogen-bond donors (Lipinski definition) is 8. The summed E-state index contributed by atoms with van der Waals surface area (Å²) in [4.78, 5) is 52.7. The van der Waals surface area contributed by atoms with Gasteiger partial charge in [0.15, 0.2) is 23.1 Å². The maximum Gasteiger partial charge on any atom is 0.174 e. The average molecular weight is 1780 g/mol. The molecular weight excluding hydrogens is 1650 g/mol. The van der Waals surface area contributed by atoms with Crippen LogP contribution in [0.5, 0.6) is 103 Å². The Hall–Kier alpha value is -13.2. The first-order chi connectivity index (χ1) is 61.5. The maximum atomic E-state index is 13.3. The van der Waals surface area contributed by atoms with Gasteiger partial charge in [-0.1, -0.05) is 107 Å². The number of Topliss-reactive ketones (excluding diaryl/α,β-unsaturated/α-hetero) is 4. The predicted molar refractivity (Wildman–Crippen MR) is 507 cm³/mol. The number of hydrogen-bond acceptors (Lipinski definition) is 22. The van der Waals surface area contributed by atoms with E-state index in [9.17, 15) is 60.0 Å². The average Bonchev–Trinajstić information content (AvgIpc) is 0.769. The largest absolute Gasteiger partial charge is 0.508 e. The molecule has 0 amide bonds. The minimum atomic E-state index is -0.762. The van der Waals surface area contributed by atoms with E-state index in [2.05, 4.69) is 64.5 Å². The number of ether oxygens (including phenoxy) is 10. The Bertz CT molecular complexity index is 5560. The number of aromatic hydroxyl groups is 8. The molecule has 0 saturated carbocycles. The fourth-order valence-corrected chi connectivity index (χ4v) is 16.4. The van der Waals surface area contributed by atoms with Gasteiger partial charge >= 0.3 is 0 Å². The monoisotopic (exact) mass is 1780 g/mol. The van der Waals surface area contributed by atoms with E-state index in [-0.39, 0.29) is 153 Å². The first-order valence-corrected chi connectivity index (χ1v) is 43.5. The molecule has 22 heteroatoms. The third-order valence-corrected chi connectivity index (χ3v) is 24.0. The van der Waals surface area contributed by atoms with Gasteiger partial charge in [-0.2, -0.15) is 0 Å². The molecular formula is C108H128O22. The van der Waals surface area contributed by atoms with Gasteiger partial charge in [0.05, 0.1) is 68.3 Å². The molecule has 0 spiro atoms. The number of carbonyl (C=O) groups excluding carboxylic acids is 4. The second kappa shape index (κ2) is 44.7. The topological polar surface area (TPSA) is 322 Å². The number of benzene rings is 8. The summed E-state index contributed by atoms with van der Waals surface area (Å²) in [5.41, 5.74) is 16.7. The molecule has 0 saturated heterocycles. The van der Waals surface area contributed by atoms with E-state index in [1.54, 1.807) is 26.4 Å². The highest BCUT2D eigenvalue weighted by molar-refractivity contribution is 6.06. The number of methoxy groups -OCH3 is 6. The second-order valence-corrected chi connectivity index (χ2v) is 35.0. The standard InChI is InChI=1S/C28H34O5.C27H32O6.C27H32O5.C26H30O6/c1-16(2)8-9-19(17(3)4)13-22-23(29)14-26(32-7)27-24(30)15-25(33-28(22)27)21-11-10-20(31-6)12-18(21)5;1-15(2)7-8-17(16(3)4)11-20-22(29)13-25(32-6)26-23(30)14-24(33-27(20)26)19-10-9-18(31-5)12-21(19)28;1-15(2)7-8-18(16(3)4)12-21-22(28)13-23(29)26-24(30)14-25(32-27(21)26)20-10-9-19(31-6)11-17(20)5;1-14(2)6-7-16(15(3)4)10-19-21(29)12-24(31-5)25-22(30)13-23(32-26(19)25)18-9-8-17(27)11-20(18)28/h8,10-12,14,19,25,29H,3,9,13,15H2,1-2,4-7H3;7,9-10,12-13,17,24,28-29H,3,8,11,14H2,1-2,4-6H3;7,9-11,13,18,25,28-29H,3,8,12,14H2,1-2,4-6H3;6,8-9,11-12,16,23,27-29H,3,7,10,13H2,1-2,4-5H3/t19?,25-;17?,24-;18?,25-;16?,23-/m0001/s1. The van der Waals surface area contributed by atoms with Crippen LogP contribution in [0.15, 0.2) is 192 Å². The van der Waals surface area contributed by atoms with E-state index in [1.807, 2.05) is 119 Å². The number of allylic oxidation sites excluding steroid dienone is 12. The lowest BCUT2D eigenvalue weighted by Crippen LogP contribution is -2.23. The third kappa shape index (κ3) is 24.4. The van der Waals surface area contributed by atoms with Crippen LogP contribution in [0, 0.1) is 37.5 Å². The predicted octanol–water partition coefficient (Wildman–Crippen LogP) is 24.3. The van der Waals surface area contributed by atoms with Crippen LogP contribution >= 0.6 is 0 Å². The smallest absolute Gasteiger partial charge is 0.174 e. The molecule has 0 bridgehead atoms. The minimum Gasteiger partial charge on any atom is -0.508 e. The first kappa shape index (κ1) is 101. The van der Waals surface area contributed by atoms with Crippen LogP contribution in [-0.2, 0) is 25.7 Å². The highest BCUT2D eigenvalue weighted by atomic mass is 16.5. The van der Waals surface area contributed by atoms with Gasteiger partial charge in [-0.15, -0.1) is 0 Å². The normalized spacial score (nSPS) is 15.9. The Morgan fingerprint density at radius 1 is 0.323 bits per heavy atom. The Labute approximate surface area is 764 Å². The molecule has 4 unspecified atom stereocenters. The van der Waals surface area contributed by atoms with Crippen LogP contribution in [0.1, 0.15) is 256 Å². The second-order valence-electron chi connectivity index (χ2n) is 35.0. The zero-order valence-electron chi connectivity index (χ0n) is 78.8. The number of aryl methyl sites for hydroxylation is 2. The van der Waals surface area contributed by atoms with Gasteiger partial charge < -0.3 is 88.2 Å². The van der Waals surface area contributed by atoms with E-state index in [0.717, 1.165) is 81.7 Å². The number of rotatable bonds is 30. The van der Waals surface area contributed by atoms with E-state index >= 15 is 0 Å². The quantitative estimate of drug-likeness (QED) is 0.0194. The molecule has 8 aromatic rings. The molecule has 692 valence electrons. The molecule has 8 atom stereocenters. The molecule has 0 fully saturated rings. The fraction of sp³-hybridized carbons (Fsp3) is 0.370.